The van der Waals surface area contributed by atoms with E-state index in [1.54, 1.807) is 19.1 Å². The van der Waals surface area contributed by atoms with Gasteiger partial charge >= 0.3 is 11.9 Å². The van der Waals surface area contributed by atoms with E-state index in [-0.39, 0.29) is 12.8 Å². The van der Waals surface area contributed by atoms with E-state index in [1.807, 2.05) is 0 Å². The molecule has 1 saturated heterocycles. The van der Waals surface area contributed by atoms with Crippen molar-refractivity contribution in [3.05, 3.63) is 27.7 Å². The van der Waals surface area contributed by atoms with Crippen LogP contribution in [0.25, 0.3) is 0 Å². The van der Waals surface area contributed by atoms with E-state index >= 15 is 0 Å². The van der Waals surface area contributed by atoms with Crippen LogP contribution in [-0.2, 0) is 16.0 Å². The molecule has 0 bridgehead atoms. The van der Waals surface area contributed by atoms with E-state index in [1.165, 1.54) is 43.5 Å². The highest BCUT2D eigenvalue weighted by atomic mass is 35.5. The average molecular weight is 387 g/mol. The zero-order valence-corrected chi connectivity index (χ0v) is 15.7. The first-order chi connectivity index (χ1) is 11.8. The van der Waals surface area contributed by atoms with Gasteiger partial charge in [0, 0.05) is 17.5 Å². The molecule has 3 rings (SSSR count). The van der Waals surface area contributed by atoms with Gasteiger partial charge in [-0.05, 0) is 45.7 Å². The highest BCUT2D eigenvalue weighted by Gasteiger charge is 2.48. The van der Waals surface area contributed by atoms with Gasteiger partial charge in [-0.25, -0.2) is 4.98 Å². The SMILES string of the molecule is C1CCNC1.CC1(C(=O)O)CC=CC(Cc2cnc(Cl)s2)(C(=O)O)C1. The number of allylic oxidation sites excluding steroid dienone is 1. The van der Waals surface area contributed by atoms with Crippen LogP contribution in [0.15, 0.2) is 18.3 Å². The summed E-state index contributed by atoms with van der Waals surface area (Å²) in [5.41, 5.74) is -2.29. The Bertz CT molecular complexity index is 651. The molecule has 8 heteroatoms. The second-order valence-electron chi connectivity index (χ2n) is 6.82. The fourth-order valence-corrected chi connectivity index (χ4v) is 4.28. The molecule has 2 aliphatic rings. The number of halogens is 1. The third kappa shape index (κ3) is 5.03. The molecule has 0 saturated carbocycles. The quantitative estimate of drug-likeness (QED) is 0.687. The summed E-state index contributed by atoms with van der Waals surface area (Å²) in [6, 6.07) is 0. The van der Waals surface area contributed by atoms with Crippen LogP contribution in [0.1, 0.15) is 37.5 Å². The summed E-state index contributed by atoms with van der Waals surface area (Å²) in [4.78, 5) is 27.7. The van der Waals surface area contributed by atoms with Gasteiger partial charge in [0.2, 0.25) is 0 Å². The number of carbonyl (C=O) groups is 2. The molecule has 2 unspecified atom stereocenters. The number of aliphatic carboxylic acids is 2. The maximum Gasteiger partial charge on any atom is 0.313 e. The topological polar surface area (TPSA) is 99.5 Å². The Balaban J connectivity index is 0.000000386. The molecule has 2 atom stereocenters. The normalized spacial score (nSPS) is 28.2. The Kier molecular flexibility index (Phi) is 6.59. The van der Waals surface area contributed by atoms with Crippen LogP contribution >= 0.6 is 22.9 Å². The fraction of sp³-hybridized carbons (Fsp3) is 0.588. The number of hydrogen-bond donors (Lipinski definition) is 3. The van der Waals surface area contributed by atoms with E-state index in [9.17, 15) is 19.8 Å². The first kappa shape index (κ1) is 19.9. The molecular formula is C17H23ClN2O4S. The lowest BCUT2D eigenvalue weighted by Crippen LogP contribution is -2.42. The summed E-state index contributed by atoms with van der Waals surface area (Å²) in [6.07, 6.45) is 8.16. The lowest BCUT2D eigenvalue weighted by Gasteiger charge is -2.37. The molecule has 2 heterocycles. The third-order valence-corrected chi connectivity index (χ3v) is 5.74. The van der Waals surface area contributed by atoms with Crippen LogP contribution in [0.5, 0.6) is 0 Å². The number of rotatable bonds is 4. The third-order valence-electron chi connectivity index (χ3n) is 4.63. The van der Waals surface area contributed by atoms with Gasteiger partial charge in [0.1, 0.15) is 0 Å². The maximum atomic E-state index is 11.7. The number of nitrogens with one attached hydrogen (secondary N) is 1. The molecule has 0 aromatic carbocycles. The highest BCUT2D eigenvalue weighted by Crippen LogP contribution is 2.45. The van der Waals surface area contributed by atoms with Gasteiger partial charge in [-0.3, -0.25) is 9.59 Å². The Morgan fingerprint density at radius 2 is 2.00 bits per heavy atom. The molecule has 138 valence electrons. The lowest BCUT2D eigenvalue weighted by atomic mass is 9.65. The Hall–Kier alpha value is -1.44. The smallest absolute Gasteiger partial charge is 0.313 e. The summed E-state index contributed by atoms with van der Waals surface area (Å²) in [7, 11) is 0. The van der Waals surface area contributed by atoms with Gasteiger partial charge in [-0.1, -0.05) is 23.8 Å². The van der Waals surface area contributed by atoms with E-state index < -0.39 is 22.8 Å². The number of aromatic nitrogens is 1. The van der Waals surface area contributed by atoms with Crippen LogP contribution in [0.4, 0.5) is 0 Å². The van der Waals surface area contributed by atoms with E-state index in [0.717, 1.165) is 4.88 Å². The summed E-state index contributed by atoms with van der Waals surface area (Å²) < 4.78 is 0.348. The zero-order valence-electron chi connectivity index (χ0n) is 14.1. The molecule has 1 aliphatic heterocycles. The number of hydrogen-bond acceptors (Lipinski definition) is 5. The molecule has 1 aromatic rings. The molecule has 1 fully saturated rings. The van der Waals surface area contributed by atoms with Crippen molar-refractivity contribution in [2.45, 2.75) is 39.0 Å². The summed E-state index contributed by atoms with van der Waals surface area (Å²) >= 11 is 6.97. The zero-order chi connectivity index (χ0) is 18.5. The van der Waals surface area contributed by atoms with Crippen LogP contribution < -0.4 is 5.32 Å². The summed E-state index contributed by atoms with van der Waals surface area (Å²) in [5.74, 6) is -2.00. The fourth-order valence-electron chi connectivity index (χ4n) is 3.18. The molecule has 0 radical (unpaired) electrons. The Labute approximate surface area is 155 Å². The molecule has 1 aromatic heterocycles. The summed E-state index contributed by atoms with van der Waals surface area (Å²) in [5, 5.41) is 22.1. The van der Waals surface area contributed by atoms with Crippen molar-refractivity contribution in [1.29, 1.82) is 0 Å². The molecule has 3 N–H and O–H groups in total. The first-order valence-electron chi connectivity index (χ1n) is 8.23. The molecule has 6 nitrogen and oxygen atoms in total. The van der Waals surface area contributed by atoms with Crippen molar-refractivity contribution in [3.8, 4) is 0 Å². The van der Waals surface area contributed by atoms with Crippen molar-refractivity contribution in [2.75, 3.05) is 13.1 Å². The number of carboxylic acid groups (broad SMARTS) is 2. The molecule has 0 spiro atoms. The number of thiazole rings is 1. The molecule has 1 aliphatic carbocycles. The van der Waals surface area contributed by atoms with E-state index in [4.69, 9.17) is 11.6 Å². The minimum atomic E-state index is -1.22. The number of nitrogens with zero attached hydrogens (tertiary/aromatic N) is 1. The minimum absolute atomic E-state index is 0.0523. The Morgan fingerprint density at radius 1 is 1.32 bits per heavy atom. The maximum absolute atomic E-state index is 11.7. The number of carboxylic acids is 2. The van der Waals surface area contributed by atoms with Crippen molar-refractivity contribution in [2.24, 2.45) is 10.8 Å². The second-order valence-corrected chi connectivity index (χ2v) is 8.52. The molecule has 25 heavy (non-hydrogen) atoms. The standard InChI is InChI=1S/C13H14ClNO4S.C4H9N/c1-12(9(16)17)3-2-4-13(7-12,10(18)19)5-8-6-15-11(14)20-8;1-2-4-5-3-1/h2,4,6H,3,5,7H2,1H3,(H,16,17)(H,18,19);5H,1-4H2. The van der Waals surface area contributed by atoms with Crippen LogP contribution in [0.2, 0.25) is 4.47 Å². The largest absolute Gasteiger partial charge is 0.481 e. The van der Waals surface area contributed by atoms with Gasteiger partial charge in [0.25, 0.3) is 0 Å². The molecule has 0 amide bonds. The highest BCUT2D eigenvalue weighted by molar-refractivity contribution is 7.15. The van der Waals surface area contributed by atoms with Crippen LogP contribution in [0, 0.1) is 10.8 Å². The Morgan fingerprint density at radius 3 is 2.44 bits per heavy atom. The van der Waals surface area contributed by atoms with Crippen molar-refractivity contribution < 1.29 is 19.8 Å². The van der Waals surface area contributed by atoms with Crippen LogP contribution in [-0.4, -0.2) is 40.2 Å². The van der Waals surface area contributed by atoms with Gasteiger partial charge in [0.05, 0.1) is 10.8 Å². The van der Waals surface area contributed by atoms with Crippen molar-refractivity contribution >= 4 is 34.9 Å². The van der Waals surface area contributed by atoms with Gasteiger partial charge in [0.15, 0.2) is 4.47 Å². The first-order valence-corrected chi connectivity index (χ1v) is 9.42. The minimum Gasteiger partial charge on any atom is -0.481 e. The molecular weight excluding hydrogens is 364 g/mol. The predicted molar refractivity (Wildman–Crippen MR) is 97.1 cm³/mol. The van der Waals surface area contributed by atoms with E-state index in [2.05, 4.69) is 10.3 Å². The second kappa shape index (κ2) is 8.29. The summed E-state index contributed by atoms with van der Waals surface area (Å²) in [6.45, 7) is 4.08. The van der Waals surface area contributed by atoms with Gasteiger partial charge in [-0.2, -0.15) is 0 Å². The van der Waals surface area contributed by atoms with Crippen molar-refractivity contribution in [3.63, 3.8) is 0 Å². The predicted octanol–water partition coefficient (Wildman–Crippen LogP) is 3.22. The van der Waals surface area contributed by atoms with Crippen LogP contribution in [0.3, 0.4) is 0 Å². The van der Waals surface area contributed by atoms with Crippen molar-refractivity contribution in [1.82, 2.24) is 10.3 Å². The van der Waals surface area contributed by atoms with Gasteiger partial charge < -0.3 is 15.5 Å². The monoisotopic (exact) mass is 386 g/mol. The lowest BCUT2D eigenvalue weighted by molar-refractivity contribution is -0.155. The van der Waals surface area contributed by atoms with Gasteiger partial charge in [-0.15, -0.1) is 11.3 Å². The van der Waals surface area contributed by atoms with E-state index in [0.29, 0.717) is 10.9 Å². The average Bonchev–Trinajstić information content (AvgIpc) is 3.22.